The number of hydrazine groups is 1. The second kappa shape index (κ2) is 12.3. The van der Waals surface area contributed by atoms with E-state index in [1.165, 1.54) is 36.4 Å². The van der Waals surface area contributed by atoms with Crippen molar-refractivity contribution in [2.24, 2.45) is 11.8 Å². The zero-order valence-electron chi connectivity index (χ0n) is 21.4. The standard InChI is InChI=1S/C30H23Br2ClN2O6/c31-23-14-21-22(15-24(23)32)29(39)35(28(21)38)34(27(37)20-8-4-5-9-25(20)33)16-26(36)17-10-12-19(13-11-17)41-30(40)18-6-2-1-3-7-18/h1-13,21-24H,14-16H2/t21-,22-,23+,24+/m1/s1. The van der Waals surface area contributed by atoms with Gasteiger partial charge in [0.15, 0.2) is 5.78 Å². The third-order valence-electron chi connectivity index (χ3n) is 7.16. The molecule has 2 aliphatic rings. The van der Waals surface area contributed by atoms with Crippen molar-refractivity contribution in [1.29, 1.82) is 0 Å². The van der Waals surface area contributed by atoms with Crippen LogP contribution in [0.4, 0.5) is 0 Å². The molecule has 0 spiro atoms. The first-order valence-corrected chi connectivity index (χ1v) is 15.0. The molecular weight excluding hydrogens is 680 g/mol. The first-order chi connectivity index (χ1) is 19.7. The number of halogens is 3. The number of amides is 3. The third kappa shape index (κ3) is 6.00. The maximum absolute atomic E-state index is 13.7. The number of carbonyl (C=O) groups excluding carboxylic acids is 5. The van der Waals surface area contributed by atoms with E-state index in [1.807, 2.05) is 0 Å². The molecule has 0 aromatic heterocycles. The summed E-state index contributed by atoms with van der Waals surface area (Å²) < 4.78 is 5.37. The van der Waals surface area contributed by atoms with Crippen LogP contribution < -0.4 is 4.74 Å². The van der Waals surface area contributed by atoms with Crippen molar-refractivity contribution >= 4 is 72.9 Å². The Bertz CT molecular complexity index is 1490. The number of benzene rings is 3. The number of esters is 1. The minimum absolute atomic E-state index is 0.0238. The van der Waals surface area contributed by atoms with Gasteiger partial charge >= 0.3 is 5.97 Å². The van der Waals surface area contributed by atoms with Crippen LogP contribution in [0.1, 0.15) is 43.9 Å². The summed E-state index contributed by atoms with van der Waals surface area (Å²) in [5.41, 5.74) is 0.621. The molecule has 1 heterocycles. The molecule has 3 aromatic carbocycles. The van der Waals surface area contributed by atoms with Gasteiger partial charge in [-0.25, -0.2) is 9.80 Å². The quantitative estimate of drug-likeness (QED) is 0.103. The van der Waals surface area contributed by atoms with Crippen LogP contribution in [0.15, 0.2) is 78.9 Å². The minimum atomic E-state index is -0.747. The molecule has 4 atom stereocenters. The van der Waals surface area contributed by atoms with E-state index in [0.29, 0.717) is 18.4 Å². The first kappa shape index (κ1) is 29.2. The number of Topliss-reactive ketones (excluding diaryl/α,β-unsaturated/α-hetero) is 1. The average Bonchev–Trinajstić information content (AvgIpc) is 3.20. The molecule has 41 heavy (non-hydrogen) atoms. The Morgan fingerprint density at radius 1 is 0.805 bits per heavy atom. The monoisotopic (exact) mass is 700 g/mol. The highest BCUT2D eigenvalue weighted by molar-refractivity contribution is 9.12. The van der Waals surface area contributed by atoms with Gasteiger partial charge in [-0.1, -0.05) is 73.8 Å². The number of alkyl halides is 2. The Morgan fingerprint density at radius 2 is 1.37 bits per heavy atom. The van der Waals surface area contributed by atoms with Crippen molar-refractivity contribution in [3.8, 4) is 5.75 Å². The van der Waals surface area contributed by atoms with Gasteiger partial charge in [-0.2, -0.15) is 5.01 Å². The maximum Gasteiger partial charge on any atom is 0.343 e. The number of rotatable bonds is 7. The van der Waals surface area contributed by atoms with E-state index in [0.717, 1.165) is 10.0 Å². The van der Waals surface area contributed by atoms with Gasteiger partial charge in [-0.15, -0.1) is 0 Å². The summed E-state index contributed by atoms with van der Waals surface area (Å²) in [6.07, 6.45) is 0.819. The fourth-order valence-electron chi connectivity index (χ4n) is 5.00. The van der Waals surface area contributed by atoms with Gasteiger partial charge in [0.05, 0.1) is 28.0 Å². The SMILES string of the molecule is O=C(CN(C(=O)c1ccccc1Cl)N1C(=O)[C@@H]2C[C@H](Br)[C@@H](Br)C[C@H]2C1=O)c1ccc(OC(=O)c2ccccc2)cc1. The minimum Gasteiger partial charge on any atom is -0.423 e. The molecule has 1 saturated carbocycles. The normalized spacial score (nSPS) is 21.8. The lowest BCUT2D eigenvalue weighted by molar-refractivity contribution is -0.154. The molecule has 0 N–H and O–H groups in total. The summed E-state index contributed by atoms with van der Waals surface area (Å²) in [5.74, 6) is -3.89. The Kier molecular flexibility index (Phi) is 8.72. The highest BCUT2D eigenvalue weighted by Crippen LogP contribution is 2.43. The molecule has 210 valence electrons. The summed E-state index contributed by atoms with van der Waals surface area (Å²) in [5, 5.41) is 1.83. The van der Waals surface area contributed by atoms with Gasteiger partial charge in [0.2, 0.25) is 0 Å². The van der Waals surface area contributed by atoms with E-state index in [4.69, 9.17) is 16.3 Å². The van der Waals surface area contributed by atoms with Crippen molar-refractivity contribution in [3.63, 3.8) is 0 Å². The number of hydrogen-bond donors (Lipinski definition) is 0. The highest BCUT2D eigenvalue weighted by atomic mass is 79.9. The van der Waals surface area contributed by atoms with E-state index >= 15 is 0 Å². The Balaban J connectivity index is 1.40. The van der Waals surface area contributed by atoms with E-state index in [1.54, 1.807) is 42.5 Å². The second-order valence-electron chi connectivity index (χ2n) is 9.75. The number of carbonyl (C=O) groups is 5. The maximum atomic E-state index is 13.7. The van der Waals surface area contributed by atoms with Crippen LogP contribution >= 0.6 is 43.5 Å². The van der Waals surface area contributed by atoms with E-state index in [9.17, 15) is 24.0 Å². The highest BCUT2D eigenvalue weighted by Gasteiger charge is 2.54. The Hall–Kier alpha value is -3.34. The smallest absolute Gasteiger partial charge is 0.343 e. The number of fused-ring (bicyclic) bond motifs is 1. The third-order valence-corrected chi connectivity index (χ3v) is 10.2. The van der Waals surface area contributed by atoms with Gasteiger partial charge in [-0.05, 0) is 61.4 Å². The molecule has 1 aliphatic carbocycles. The second-order valence-corrected chi connectivity index (χ2v) is 12.5. The summed E-state index contributed by atoms with van der Waals surface area (Å²) in [6, 6.07) is 20.5. The van der Waals surface area contributed by atoms with Crippen LogP contribution in [-0.4, -0.2) is 55.7 Å². The van der Waals surface area contributed by atoms with Gasteiger partial charge in [0.25, 0.3) is 17.7 Å². The number of ketones is 1. The predicted molar refractivity (Wildman–Crippen MR) is 158 cm³/mol. The molecule has 0 unspecified atom stereocenters. The summed E-state index contributed by atoms with van der Waals surface area (Å²) >= 11 is 13.4. The molecule has 1 saturated heterocycles. The summed E-state index contributed by atoms with van der Waals surface area (Å²) in [7, 11) is 0. The molecule has 1 aliphatic heterocycles. The number of imide groups is 1. The average molecular weight is 703 g/mol. The van der Waals surface area contributed by atoms with Crippen molar-refractivity contribution in [2.75, 3.05) is 6.54 Å². The first-order valence-electron chi connectivity index (χ1n) is 12.8. The van der Waals surface area contributed by atoms with E-state index in [-0.39, 0.29) is 31.6 Å². The molecule has 3 aromatic rings. The van der Waals surface area contributed by atoms with Crippen molar-refractivity contribution in [3.05, 3.63) is 101 Å². The van der Waals surface area contributed by atoms with Gasteiger partial charge < -0.3 is 4.74 Å². The molecule has 0 bridgehead atoms. The Labute approximate surface area is 257 Å². The van der Waals surface area contributed by atoms with Crippen molar-refractivity contribution in [1.82, 2.24) is 10.0 Å². The van der Waals surface area contributed by atoms with Crippen LogP contribution in [0.3, 0.4) is 0 Å². The van der Waals surface area contributed by atoms with Gasteiger partial charge in [0, 0.05) is 15.2 Å². The molecule has 5 rings (SSSR count). The van der Waals surface area contributed by atoms with Crippen LogP contribution in [0.25, 0.3) is 0 Å². The van der Waals surface area contributed by atoms with Gasteiger partial charge in [-0.3, -0.25) is 19.2 Å². The topological polar surface area (TPSA) is 101 Å². The van der Waals surface area contributed by atoms with Crippen molar-refractivity contribution in [2.45, 2.75) is 22.5 Å². The zero-order chi connectivity index (χ0) is 29.3. The van der Waals surface area contributed by atoms with Crippen LogP contribution in [-0.2, 0) is 9.59 Å². The lowest BCUT2D eigenvalue weighted by Gasteiger charge is -2.30. The molecule has 3 amide bonds. The molecule has 8 nitrogen and oxygen atoms in total. The zero-order valence-corrected chi connectivity index (χ0v) is 25.3. The predicted octanol–water partition coefficient (Wildman–Crippen LogP) is 5.72. The van der Waals surface area contributed by atoms with Crippen LogP contribution in [0.2, 0.25) is 5.02 Å². The number of ether oxygens (including phenoxy) is 1. The van der Waals surface area contributed by atoms with Crippen LogP contribution in [0, 0.1) is 11.8 Å². The van der Waals surface area contributed by atoms with Crippen molar-refractivity contribution < 1.29 is 28.7 Å². The van der Waals surface area contributed by atoms with E-state index < -0.39 is 47.9 Å². The molecular formula is C30H23Br2ClN2O6. The Morgan fingerprint density at radius 3 is 1.95 bits per heavy atom. The fraction of sp³-hybridized carbons (Fsp3) is 0.233. The lowest BCUT2D eigenvalue weighted by atomic mass is 9.81. The van der Waals surface area contributed by atoms with E-state index in [2.05, 4.69) is 31.9 Å². The number of nitrogens with zero attached hydrogens (tertiary/aromatic N) is 2. The van der Waals surface area contributed by atoms with Crippen LogP contribution in [0.5, 0.6) is 5.75 Å². The molecule has 11 heteroatoms. The molecule has 2 fully saturated rings. The summed E-state index contributed by atoms with van der Waals surface area (Å²) in [4.78, 5) is 66.5. The summed E-state index contributed by atoms with van der Waals surface area (Å²) in [6.45, 7) is -0.584. The fourth-order valence-corrected chi connectivity index (χ4v) is 6.45. The molecule has 0 radical (unpaired) electrons. The lowest BCUT2D eigenvalue weighted by Crippen LogP contribution is -2.52. The largest absolute Gasteiger partial charge is 0.423 e. The number of hydrogen-bond acceptors (Lipinski definition) is 6. The van der Waals surface area contributed by atoms with Gasteiger partial charge in [0.1, 0.15) is 12.3 Å².